The molecule has 2 amide bonds. The van der Waals surface area contributed by atoms with E-state index >= 15 is 0 Å². The van der Waals surface area contributed by atoms with Crippen molar-refractivity contribution in [3.05, 3.63) is 60.2 Å². The molecule has 1 atom stereocenters. The van der Waals surface area contributed by atoms with Crippen LogP contribution in [-0.4, -0.2) is 62.7 Å². The molecule has 0 aliphatic carbocycles. The molecule has 2 aliphatic heterocycles. The standard InChI is InChI=1S/C23H27N3O4/c27-22(17-26-20-8-4-5-9-21(20)30-13-10-23(26)28)24-19(18-6-2-1-3-7-18)16-25-11-14-29-15-12-25/h1-9,19H,10-17H2,(H,24,27)/t19-/m0/s1. The zero-order valence-corrected chi connectivity index (χ0v) is 17.0. The molecule has 1 saturated heterocycles. The van der Waals surface area contributed by atoms with Crippen LogP contribution in [0.5, 0.6) is 5.75 Å². The normalized spacial score (nSPS) is 18.1. The van der Waals surface area contributed by atoms with E-state index in [1.807, 2.05) is 54.6 Å². The lowest BCUT2D eigenvalue weighted by molar-refractivity contribution is -0.124. The van der Waals surface area contributed by atoms with Gasteiger partial charge in [-0.3, -0.25) is 19.4 Å². The van der Waals surface area contributed by atoms with Crippen LogP contribution in [0.3, 0.4) is 0 Å². The van der Waals surface area contributed by atoms with Crippen LogP contribution in [0, 0.1) is 0 Å². The van der Waals surface area contributed by atoms with Crippen LogP contribution >= 0.6 is 0 Å². The minimum atomic E-state index is -0.192. The van der Waals surface area contributed by atoms with Gasteiger partial charge in [0.25, 0.3) is 0 Å². The summed E-state index contributed by atoms with van der Waals surface area (Å²) in [6.45, 7) is 4.07. The molecular formula is C23H27N3O4. The summed E-state index contributed by atoms with van der Waals surface area (Å²) in [5.74, 6) is 0.325. The Kier molecular flexibility index (Phi) is 6.61. The molecule has 0 aromatic heterocycles. The van der Waals surface area contributed by atoms with Crippen molar-refractivity contribution in [2.45, 2.75) is 12.5 Å². The molecule has 0 bridgehead atoms. The molecular weight excluding hydrogens is 382 g/mol. The highest BCUT2D eigenvalue weighted by Crippen LogP contribution is 2.30. The van der Waals surface area contributed by atoms with Gasteiger partial charge >= 0.3 is 0 Å². The molecule has 1 fully saturated rings. The van der Waals surface area contributed by atoms with Gasteiger partial charge in [0.15, 0.2) is 0 Å². The van der Waals surface area contributed by atoms with Gasteiger partial charge in [-0.15, -0.1) is 0 Å². The third kappa shape index (κ3) is 4.98. The number of amides is 2. The Hall–Kier alpha value is -2.90. The molecule has 0 saturated carbocycles. The van der Waals surface area contributed by atoms with Crippen LogP contribution in [0.25, 0.3) is 0 Å². The third-order valence-corrected chi connectivity index (χ3v) is 5.41. The van der Waals surface area contributed by atoms with E-state index in [9.17, 15) is 9.59 Å². The van der Waals surface area contributed by atoms with Crippen molar-refractivity contribution in [2.24, 2.45) is 0 Å². The molecule has 2 aromatic rings. The molecule has 30 heavy (non-hydrogen) atoms. The quantitative estimate of drug-likeness (QED) is 0.790. The van der Waals surface area contributed by atoms with E-state index in [2.05, 4.69) is 10.2 Å². The maximum atomic E-state index is 13.0. The first-order valence-corrected chi connectivity index (χ1v) is 10.4. The van der Waals surface area contributed by atoms with Crippen molar-refractivity contribution in [3.8, 4) is 5.75 Å². The zero-order chi connectivity index (χ0) is 20.8. The summed E-state index contributed by atoms with van der Waals surface area (Å²) in [6, 6.07) is 17.1. The van der Waals surface area contributed by atoms with Crippen LogP contribution in [0.15, 0.2) is 54.6 Å². The summed E-state index contributed by atoms with van der Waals surface area (Å²) in [6.07, 6.45) is 0.248. The number of ether oxygens (including phenoxy) is 2. The predicted octanol–water partition coefficient (Wildman–Crippen LogP) is 1.99. The number of morpholine rings is 1. The third-order valence-electron chi connectivity index (χ3n) is 5.41. The van der Waals surface area contributed by atoms with Crippen molar-refractivity contribution >= 4 is 17.5 Å². The number of nitrogens with zero attached hydrogens (tertiary/aromatic N) is 2. The largest absolute Gasteiger partial charge is 0.491 e. The topological polar surface area (TPSA) is 71.1 Å². The second-order valence-corrected chi connectivity index (χ2v) is 7.49. The highest BCUT2D eigenvalue weighted by Gasteiger charge is 2.27. The summed E-state index contributed by atoms with van der Waals surface area (Å²) in [7, 11) is 0. The number of carbonyl (C=O) groups excluding carboxylic acids is 2. The first-order chi connectivity index (χ1) is 14.7. The summed E-state index contributed by atoms with van der Waals surface area (Å²) in [5, 5.41) is 3.14. The minimum absolute atomic E-state index is 0.0361. The van der Waals surface area contributed by atoms with Crippen LogP contribution in [0.1, 0.15) is 18.0 Å². The number of hydrogen-bond donors (Lipinski definition) is 1. The number of nitrogens with one attached hydrogen (secondary N) is 1. The average Bonchev–Trinajstić information content (AvgIpc) is 2.93. The second kappa shape index (κ2) is 9.73. The Morgan fingerprint density at radius 2 is 1.73 bits per heavy atom. The lowest BCUT2D eigenvalue weighted by Gasteiger charge is -2.31. The molecule has 2 heterocycles. The molecule has 4 rings (SSSR count). The minimum Gasteiger partial charge on any atom is -0.491 e. The summed E-state index contributed by atoms with van der Waals surface area (Å²) in [5.41, 5.74) is 1.68. The van der Waals surface area contributed by atoms with E-state index in [-0.39, 0.29) is 30.8 Å². The Balaban J connectivity index is 1.49. The lowest BCUT2D eigenvalue weighted by Crippen LogP contribution is -2.46. The first-order valence-electron chi connectivity index (χ1n) is 10.4. The van der Waals surface area contributed by atoms with Crippen molar-refractivity contribution in [1.82, 2.24) is 10.2 Å². The second-order valence-electron chi connectivity index (χ2n) is 7.49. The average molecular weight is 409 g/mol. The molecule has 7 heteroatoms. The van der Waals surface area contributed by atoms with Crippen LogP contribution in [0.4, 0.5) is 5.69 Å². The van der Waals surface area contributed by atoms with Crippen molar-refractivity contribution in [2.75, 3.05) is 50.9 Å². The number of carbonyl (C=O) groups is 2. The van der Waals surface area contributed by atoms with Crippen molar-refractivity contribution in [1.29, 1.82) is 0 Å². The predicted molar refractivity (Wildman–Crippen MR) is 113 cm³/mol. The maximum absolute atomic E-state index is 13.0. The van der Waals surface area contributed by atoms with E-state index in [0.717, 1.165) is 18.7 Å². The number of rotatable bonds is 6. The smallest absolute Gasteiger partial charge is 0.240 e. The fourth-order valence-electron chi connectivity index (χ4n) is 3.84. The van der Waals surface area contributed by atoms with E-state index < -0.39 is 0 Å². The van der Waals surface area contributed by atoms with Gasteiger partial charge in [-0.1, -0.05) is 42.5 Å². The number of anilines is 1. The molecule has 0 spiro atoms. The van der Waals surface area contributed by atoms with E-state index in [0.29, 0.717) is 37.8 Å². The van der Waals surface area contributed by atoms with Gasteiger partial charge in [0.1, 0.15) is 12.3 Å². The lowest BCUT2D eigenvalue weighted by atomic mass is 10.1. The Morgan fingerprint density at radius 3 is 2.53 bits per heavy atom. The number of para-hydroxylation sites is 2. The molecule has 2 aliphatic rings. The van der Waals surface area contributed by atoms with Gasteiger partial charge < -0.3 is 14.8 Å². The monoisotopic (exact) mass is 409 g/mol. The van der Waals surface area contributed by atoms with E-state index in [4.69, 9.17) is 9.47 Å². The number of fused-ring (bicyclic) bond motifs is 1. The molecule has 1 N–H and O–H groups in total. The maximum Gasteiger partial charge on any atom is 0.240 e. The van der Waals surface area contributed by atoms with Crippen LogP contribution < -0.4 is 15.0 Å². The Labute approximate surface area is 176 Å². The first kappa shape index (κ1) is 20.4. The fraction of sp³-hybridized carbons (Fsp3) is 0.391. The summed E-state index contributed by atoms with van der Waals surface area (Å²) >= 11 is 0. The summed E-state index contributed by atoms with van der Waals surface area (Å²) in [4.78, 5) is 29.5. The van der Waals surface area contributed by atoms with Gasteiger partial charge in [-0.2, -0.15) is 0 Å². The molecule has 7 nitrogen and oxygen atoms in total. The zero-order valence-electron chi connectivity index (χ0n) is 17.0. The van der Waals surface area contributed by atoms with Gasteiger partial charge in [-0.05, 0) is 17.7 Å². The molecule has 158 valence electrons. The van der Waals surface area contributed by atoms with Gasteiger partial charge in [-0.25, -0.2) is 0 Å². The molecule has 0 radical (unpaired) electrons. The molecule has 2 aromatic carbocycles. The molecule has 0 unspecified atom stereocenters. The number of benzene rings is 2. The SMILES string of the molecule is O=C(CN1C(=O)CCOc2ccccc21)N[C@@H](CN1CCOCC1)c1ccccc1. The van der Waals surface area contributed by atoms with Crippen LogP contribution in [-0.2, 0) is 14.3 Å². The fourth-order valence-corrected chi connectivity index (χ4v) is 3.84. The Bertz CT molecular complexity index is 868. The number of hydrogen-bond acceptors (Lipinski definition) is 5. The van der Waals surface area contributed by atoms with Crippen LogP contribution in [0.2, 0.25) is 0 Å². The van der Waals surface area contributed by atoms with E-state index in [1.165, 1.54) is 4.90 Å². The highest BCUT2D eigenvalue weighted by atomic mass is 16.5. The van der Waals surface area contributed by atoms with Gasteiger partial charge in [0.2, 0.25) is 11.8 Å². The highest BCUT2D eigenvalue weighted by molar-refractivity contribution is 6.00. The van der Waals surface area contributed by atoms with E-state index in [1.54, 1.807) is 0 Å². The summed E-state index contributed by atoms with van der Waals surface area (Å²) < 4.78 is 11.1. The van der Waals surface area contributed by atoms with Gasteiger partial charge in [0.05, 0.1) is 38.0 Å². The van der Waals surface area contributed by atoms with Gasteiger partial charge in [0, 0.05) is 19.6 Å². The Morgan fingerprint density at radius 1 is 1.00 bits per heavy atom. The van der Waals surface area contributed by atoms with Crippen molar-refractivity contribution in [3.63, 3.8) is 0 Å². The van der Waals surface area contributed by atoms with Crippen molar-refractivity contribution < 1.29 is 19.1 Å².